The number of aromatic nitrogens is 2. The van der Waals surface area contributed by atoms with Crippen LogP contribution >= 0.6 is 0 Å². The molecular weight excluding hydrogens is 228 g/mol. The fraction of sp³-hybridized carbons (Fsp3) is 0.615. The number of nitrogens with two attached hydrogens (primary N) is 1. The van der Waals surface area contributed by atoms with E-state index in [2.05, 4.69) is 30.7 Å². The first-order valence-corrected chi connectivity index (χ1v) is 5.97. The number of ether oxygens (including phenoxy) is 1. The van der Waals surface area contributed by atoms with E-state index >= 15 is 0 Å². The highest BCUT2D eigenvalue weighted by atomic mass is 16.5. The van der Waals surface area contributed by atoms with Crippen molar-refractivity contribution in [3.8, 4) is 6.07 Å². The summed E-state index contributed by atoms with van der Waals surface area (Å²) in [5.41, 5.74) is 6.57. The quantitative estimate of drug-likeness (QED) is 0.887. The molecule has 1 atom stereocenters. The van der Waals surface area contributed by atoms with Crippen LogP contribution < -0.4 is 5.73 Å². The van der Waals surface area contributed by atoms with Crippen LogP contribution in [0.1, 0.15) is 50.9 Å². The average molecular weight is 248 g/mol. The number of hydrogen-bond acceptors (Lipinski definition) is 5. The molecule has 5 nitrogen and oxygen atoms in total. The highest BCUT2D eigenvalue weighted by molar-refractivity contribution is 5.50. The smallest absolute Gasteiger partial charge is 0.160 e. The molecule has 0 bridgehead atoms. The van der Waals surface area contributed by atoms with Crippen LogP contribution in [0.15, 0.2) is 0 Å². The Bertz CT molecular complexity index is 448. The normalized spacial score (nSPS) is 13.1. The van der Waals surface area contributed by atoms with Gasteiger partial charge in [-0.3, -0.25) is 0 Å². The van der Waals surface area contributed by atoms with E-state index in [1.54, 1.807) is 6.92 Å². The first-order valence-electron chi connectivity index (χ1n) is 5.97. The largest absolute Gasteiger partial charge is 0.382 e. The second-order valence-electron chi connectivity index (χ2n) is 5.24. The average Bonchev–Trinajstić information content (AvgIpc) is 2.23. The molecule has 0 spiro atoms. The van der Waals surface area contributed by atoms with Crippen molar-refractivity contribution in [2.75, 3.05) is 12.3 Å². The van der Waals surface area contributed by atoms with Crippen LogP contribution in [-0.2, 0) is 4.74 Å². The van der Waals surface area contributed by atoms with Crippen LogP contribution in [-0.4, -0.2) is 16.6 Å². The maximum atomic E-state index is 8.95. The molecule has 98 valence electrons. The molecule has 1 aromatic rings. The Morgan fingerprint density at radius 3 is 2.39 bits per heavy atom. The predicted molar refractivity (Wildman–Crippen MR) is 69.7 cm³/mol. The fourth-order valence-corrected chi connectivity index (χ4v) is 1.75. The molecule has 0 aliphatic carbocycles. The van der Waals surface area contributed by atoms with Crippen molar-refractivity contribution >= 4 is 5.82 Å². The van der Waals surface area contributed by atoms with Crippen LogP contribution in [0.4, 0.5) is 5.82 Å². The summed E-state index contributed by atoms with van der Waals surface area (Å²) in [6.45, 7) is 10.4. The van der Waals surface area contributed by atoms with Gasteiger partial charge in [-0.1, -0.05) is 20.8 Å². The summed E-state index contributed by atoms with van der Waals surface area (Å²) in [4.78, 5) is 8.56. The highest BCUT2D eigenvalue weighted by Crippen LogP contribution is 2.34. The third-order valence-electron chi connectivity index (χ3n) is 2.60. The van der Waals surface area contributed by atoms with Gasteiger partial charge < -0.3 is 10.5 Å². The molecule has 2 N–H and O–H groups in total. The van der Waals surface area contributed by atoms with E-state index in [4.69, 9.17) is 15.7 Å². The molecule has 5 heteroatoms. The summed E-state index contributed by atoms with van der Waals surface area (Å²) in [7, 11) is 0. The SMILES string of the molecule is CCOC(c1nc(C)c(C#N)c(N)n1)C(C)(C)C. The molecule has 1 heterocycles. The minimum absolute atomic E-state index is 0.136. The number of nitriles is 1. The Hall–Kier alpha value is -1.67. The van der Waals surface area contributed by atoms with E-state index in [0.29, 0.717) is 23.7 Å². The third kappa shape index (κ3) is 2.96. The summed E-state index contributed by atoms with van der Waals surface area (Å²) >= 11 is 0. The number of nitrogens with zero attached hydrogens (tertiary/aromatic N) is 3. The van der Waals surface area contributed by atoms with Gasteiger partial charge in [0.2, 0.25) is 0 Å². The van der Waals surface area contributed by atoms with E-state index in [9.17, 15) is 0 Å². The van der Waals surface area contributed by atoms with E-state index in [-0.39, 0.29) is 17.3 Å². The summed E-state index contributed by atoms with van der Waals surface area (Å²) in [6, 6.07) is 2.01. The van der Waals surface area contributed by atoms with E-state index in [1.165, 1.54) is 0 Å². The zero-order valence-electron chi connectivity index (χ0n) is 11.6. The fourth-order valence-electron chi connectivity index (χ4n) is 1.75. The lowest BCUT2D eigenvalue weighted by Crippen LogP contribution is -2.24. The molecule has 1 rings (SSSR count). The van der Waals surface area contributed by atoms with Crippen molar-refractivity contribution < 1.29 is 4.74 Å². The third-order valence-corrected chi connectivity index (χ3v) is 2.60. The van der Waals surface area contributed by atoms with Crippen LogP contribution in [0.25, 0.3) is 0 Å². The zero-order valence-corrected chi connectivity index (χ0v) is 11.6. The van der Waals surface area contributed by atoms with Gasteiger partial charge in [0.05, 0.1) is 5.69 Å². The molecule has 18 heavy (non-hydrogen) atoms. The number of nitrogen functional groups attached to an aromatic ring is 1. The molecule has 0 fully saturated rings. The Morgan fingerprint density at radius 1 is 1.39 bits per heavy atom. The molecule has 0 saturated heterocycles. The predicted octanol–water partition coefficient (Wildman–Crippen LogP) is 2.36. The van der Waals surface area contributed by atoms with Crippen LogP contribution in [0.2, 0.25) is 0 Å². The van der Waals surface area contributed by atoms with E-state index in [0.717, 1.165) is 0 Å². The second-order valence-corrected chi connectivity index (χ2v) is 5.24. The van der Waals surface area contributed by atoms with Gasteiger partial charge in [-0.05, 0) is 19.3 Å². The van der Waals surface area contributed by atoms with Crippen LogP contribution in [0.3, 0.4) is 0 Å². The van der Waals surface area contributed by atoms with Crippen molar-refractivity contribution in [3.63, 3.8) is 0 Å². The molecule has 0 aromatic carbocycles. The van der Waals surface area contributed by atoms with Crippen molar-refractivity contribution in [2.24, 2.45) is 5.41 Å². The summed E-state index contributed by atoms with van der Waals surface area (Å²) < 4.78 is 5.71. The lowest BCUT2D eigenvalue weighted by molar-refractivity contribution is -0.0191. The maximum Gasteiger partial charge on any atom is 0.160 e. The van der Waals surface area contributed by atoms with Crippen molar-refractivity contribution in [1.82, 2.24) is 9.97 Å². The maximum absolute atomic E-state index is 8.95. The minimum atomic E-state index is -0.240. The Kier molecular flexibility index (Phi) is 4.25. The van der Waals surface area contributed by atoms with E-state index in [1.807, 2.05) is 13.0 Å². The van der Waals surface area contributed by atoms with Crippen molar-refractivity contribution in [2.45, 2.75) is 40.7 Å². The number of anilines is 1. The molecule has 1 unspecified atom stereocenters. The van der Waals surface area contributed by atoms with E-state index < -0.39 is 0 Å². The highest BCUT2D eigenvalue weighted by Gasteiger charge is 2.30. The lowest BCUT2D eigenvalue weighted by atomic mass is 9.88. The topological polar surface area (TPSA) is 84.8 Å². The molecule has 1 aromatic heterocycles. The minimum Gasteiger partial charge on any atom is -0.382 e. The number of hydrogen-bond donors (Lipinski definition) is 1. The van der Waals surface area contributed by atoms with Crippen LogP contribution in [0, 0.1) is 23.7 Å². The second kappa shape index (κ2) is 5.32. The van der Waals surface area contributed by atoms with Gasteiger partial charge in [0.1, 0.15) is 23.6 Å². The van der Waals surface area contributed by atoms with Gasteiger partial charge in [-0.15, -0.1) is 0 Å². The standard InChI is InChI=1S/C13H20N4O/c1-6-18-10(13(3,4)5)12-16-8(2)9(7-14)11(15)17-12/h10H,6H2,1-5H3,(H2,15,16,17). The summed E-state index contributed by atoms with van der Waals surface area (Å²) in [5, 5.41) is 8.95. The first-order chi connectivity index (χ1) is 8.31. The van der Waals surface area contributed by atoms with Gasteiger partial charge in [-0.25, -0.2) is 9.97 Å². The Balaban J connectivity index is 3.27. The molecular formula is C13H20N4O. The van der Waals surface area contributed by atoms with Crippen molar-refractivity contribution in [3.05, 3.63) is 17.1 Å². The summed E-state index contributed by atoms with van der Waals surface area (Å²) in [5.74, 6) is 0.757. The van der Waals surface area contributed by atoms with Gasteiger partial charge in [-0.2, -0.15) is 5.26 Å². The monoisotopic (exact) mass is 248 g/mol. The number of aryl methyl sites for hydroxylation is 1. The first kappa shape index (κ1) is 14.4. The zero-order chi connectivity index (χ0) is 13.9. The molecule has 0 saturated carbocycles. The molecule has 0 amide bonds. The number of rotatable bonds is 3. The van der Waals surface area contributed by atoms with Gasteiger partial charge >= 0.3 is 0 Å². The Labute approximate surface area is 108 Å². The van der Waals surface area contributed by atoms with Gasteiger partial charge in [0, 0.05) is 6.61 Å². The lowest BCUT2D eigenvalue weighted by Gasteiger charge is -2.29. The molecule has 0 radical (unpaired) electrons. The Morgan fingerprint density at radius 2 is 2.00 bits per heavy atom. The van der Waals surface area contributed by atoms with Crippen molar-refractivity contribution in [1.29, 1.82) is 5.26 Å². The summed E-state index contributed by atoms with van der Waals surface area (Å²) in [6.07, 6.45) is -0.240. The van der Waals surface area contributed by atoms with Gasteiger partial charge in [0.15, 0.2) is 5.82 Å². The van der Waals surface area contributed by atoms with Crippen LogP contribution in [0.5, 0.6) is 0 Å². The van der Waals surface area contributed by atoms with Gasteiger partial charge in [0.25, 0.3) is 0 Å². The molecule has 0 aliphatic heterocycles. The molecule has 0 aliphatic rings.